The summed E-state index contributed by atoms with van der Waals surface area (Å²) in [6.45, 7) is 1.08. The zero-order chi connectivity index (χ0) is 17.1. The van der Waals surface area contributed by atoms with E-state index in [-0.39, 0.29) is 5.91 Å². The van der Waals surface area contributed by atoms with Crippen LogP contribution in [0.1, 0.15) is 16.7 Å². The number of fused-ring (bicyclic) bond motifs is 1. The van der Waals surface area contributed by atoms with Crippen LogP contribution in [0.4, 0.5) is 0 Å². The fourth-order valence-electron chi connectivity index (χ4n) is 3.00. The van der Waals surface area contributed by atoms with Gasteiger partial charge in [-0.05, 0) is 22.8 Å². The van der Waals surface area contributed by atoms with Crippen LogP contribution in [-0.4, -0.2) is 26.8 Å². The van der Waals surface area contributed by atoms with E-state index in [0.717, 1.165) is 22.4 Å². The summed E-state index contributed by atoms with van der Waals surface area (Å²) in [6.07, 6.45) is 3.35. The van der Waals surface area contributed by atoms with Crippen molar-refractivity contribution in [2.75, 3.05) is 0 Å². The number of hydrogen-bond acceptors (Lipinski definition) is 4. The molecular weight excluding hydrogens is 316 g/mol. The molecule has 1 aliphatic rings. The predicted octanol–water partition coefficient (Wildman–Crippen LogP) is 1.95. The van der Waals surface area contributed by atoms with Gasteiger partial charge >= 0.3 is 0 Å². The summed E-state index contributed by atoms with van der Waals surface area (Å²) in [5, 5.41) is 7.12. The van der Waals surface area contributed by atoms with Gasteiger partial charge in [-0.1, -0.05) is 42.5 Å². The highest BCUT2D eigenvalue weighted by Gasteiger charge is 2.28. The molecule has 1 N–H and O–H groups in total. The third kappa shape index (κ3) is 3.38. The van der Waals surface area contributed by atoms with E-state index < -0.39 is 6.10 Å². The minimum atomic E-state index is -0.458. The van der Waals surface area contributed by atoms with Gasteiger partial charge < -0.3 is 10.1 Å². The lowest BCUT2D eigenvalue weighted by Gasteiger charge is -2.13. The van der Waals surface area contributed by atoms with Crippen LogP contribution in [0.2, 0.25) is 0 Å². The average molecular weight is 334 g/mol. The molecule has 0 saturated carbocycles. The number of ether oxygens (including phenoxy) is 1. The van der Waals surface area contributed by atoms with Gasteiger partial charge in [-0.3, -0.25) is 4.79 Å². The summed E-state index contributed by atoms with van der Waals surface area (Å²) >= 11 is 0. The highest BCUT2D eigenvalue weighted by Crippen LogP contribution is 2.28. The maximum Gasteiger partial charge on any atom is 0.261 e. The van der Waals surface area contributed by atoms with E-state index in [2.05, 4.69) is 15.4 Å². The van der Waals surface area contributed by atoms with Crippen molar-refractivity contribution in [2.45, 2.75) is 25.6 Å². The Kier molecular flexibility index (Phi) is 4.16. The second-order valence-electron chi connectivity index (χ2n) is 6.00. The Labute approximate surface area is 145 Å². The van der Waals surface area contributed by atoms with Gasteiger partial charge in [-0.25, -0.2) is 9.67 Å². The van der Waals surface area contributed by atoms with Gasteiger partial charge in [0.1, 0.15) is 18.4 Å². The zero-order valence-corrected chi connectivity index (χ0v) is 13.6. The number of aromatic nitrogens is 3. The molecule has 2 heterocycles. The molecule has 1 aliphatic heterocycles. The highest BCUT2D eigenvalue weighted by atomic mass is 16.5. The minimum Gasteiger partial charge on any atom is -0.480 e. The third-order valence-electron chi connectivity index (χ3n) is 4.31. The van der Waals surface area contributed by atoms with Gasteiger partial charge in [0.25, 0.3) is 5.91 Å². The van der Waals surface area contributed by atoms with E-state index in [0.29, 0.717) is 19.5 Å². The fraction of sp³-hybridized carbons (Fsp3) is 0.211. The number of rotatable bonds is 5. The minimum absolute atomic E-state index is 0.0910. The molecule has 4 rings (SSSR count). The smallest absolute Gasteiger partial charge is 0.261 e. The first-order valence-electron chi connectivity index (χ1n) is 8.21. The standard InChI is InChI=1S/C19H18N4O2/c24-19(18-9-14-5-3-4-8-17(14)25-18)21-10-15-6-1-2-7-16(15)11-23-13-20-12-22-23/h1-8,12-13,18H,9-11H2,(H,21,24)/t18-/m0/s1. The van der Waals surface area contributed by atoms with Crippen molar-refractivity contribution in [2.24, 2.45) is 0 Å². The van der Waals surface area contributed by atoms with Crippen molar-refractivity contribution >= 4 is 5.91 Å². The summed E-state index contributed by atoms with van der Waals surface area (Å²) in [5.41, 5.74) is 3.24. The number of benzene rings is 2. The van der Waals surface area contributed by atoms with Crippen molar-refractivity contribution in [3.63, 3.8) is 0 Å². The van der Waals surface area contributed by atoms with E-state index in [1.165, 1.54) is 6.33 Å². The number of carbonyl (C=O) groups is 1. The molecule has 6 nitrogen and oxygen atoms in total. The van der Waals surface area contributed by atoms with Crippen molar-refractivity contribution in [3.05, 3.63) is 77.9 Å². The summed E-state index contributed by atoms with van der Waals surface area (Å²) in [7, 11) is 0. The lowest BCUT2D eigenvalue weighted by atomic mass is 10.1. The zero-order valence-electron chi connectivity index (χ0n) is 13.6. The van der Waals surface area contributed by atoms with Gasteiger partial charge in [0.05, 0.1) is 6.54 Å². The first kappa shape index (κ1) is 15.4. The van der Waals surface area contributed by atoms with E-state index in [1.54, 1.807) is 11.0 Å². The second-order valence-corrected chi connectivity index (χ2v) is 6.00. The highest BCUT2D eigenvalue weighted by molar-refractivity contribution is 5.82. The van der Waals surface area contributed by atoms with Gasteiger partial charge in [0, 0.05) is 13.0 Å². The lowest BCUT2D eigenvalue weighted by Crippen LogP contribution is -2.37. The summed E-state index contributed by atoms with van der Waals surface area (Å²) in [6, 6.07) is 15.8. The van der Waals surface area contributed by atoms with Gasteiger partial charge in [-0.15, -0.1) is 0 Å². The van der Waals surface area contributed by atoms with Gasteiger partial charge in [0.2, 0.25) is 0 Å². The molecule has 0 unspecified atom stereocenters. The summed E-state index contributed by atoms with van der Waals surface area (Å²) < 4.78 is 7.50. The molecule has 25 heavy (non-hydrogen) atoms. The SMILES string of the molecule is O=C(NCc1ccccc1Cn1cncn1)[C@@H]1Cc2ccccc2O1. The quantitative estimate of drug-likeness (QED) is 0.774. The molecule has 0 bridgehead atoms. The van der Waals surface area contributed by atoms with Crippen LogP contribution in [0, 0.1) is 0 Å². The van der Waals surface area contributed by atoms with Crippen molar-refractivity contribution in [1.29, 1.82) is 0 Å². The van der Waals surface area contributed by atoms with E-state index >= 15 is 0 Å². The third-order valence-corrected chi connectivity index (χ3v) is 4.31. The van der Waals surface area contributed by atoms with Crippen LogP contribution >= 0.6 is 0 Å². The van der Waals surface area contributed by atoms with Crippen LogP contribution in [-0.2, 0) is 24.3 Å². The maximum atomic E-state index is 12.5. The van der Waals surface area contributed by atoms with Crippen molar-refractivity contribution < 1.29 is 9.53 Å². The Morgan fingerprint density at radius 1 is 1.16 bits per heavy atom. The monoisotopic (exact) mass is 334 g/mol. The molecule has 2 aromatic carbocycles. The molecular formula is C19H18N4O2. The van der Waals surface area contributed by atoms with E-state index in [1.807, 2.05) is 48.5 Å². The molecule has 1 aromatic heterocycles. The molecule has 1 atom stereocenters. The number of para-hydroxylation sites is 1. The Morgan fingerprint density at radius 2 is 1.96 bits per heavy atom. The first-order chi connectivity index (χ1) is 12.3. The summed E-state index contributed by atoms with van der Waals surface area (Å²) in [5.74, 6) is 0.709. The Balaban J connectivity index is 1.40. The van der Waals surface area contributed by atoms with Crippen LogP contribution in [0.3, 0.4) is 0 Å². The van der Waals surface area contributed by atoms with Crippen molar-refractivity contribution in [3.8, 4) is 5.75 Å². The van der Waals surface area contributed by atoms with Gasteiger partial charge in [0.15, 0.2) is 6.10 Å². The number of nitrogens with zero attached hydrogens (tertiary/aromatic N) is 3. The molecule has 1 amide bonds. The van der Waals surface area contributed by atoms with Crippen LogP contribution < -0.4 is 10.1 Å². The molecule has 0 spiro atoms. The van der Waals surface area contributed by atoms with Crippen molar-refractivity contribution in [1.82, 2.24) is 20.1 Å². The topological polar surface area (TPSA) is 69.0 Å². The Morgan fingerprint density at radius 3 is 2.76 bits per heavy atom. The van der Waals surface area contributed by atoms with E-state index in [9.17, 15) is 4.79 Å². The first-order valence-corrected chi connectivity index (χ1v) is 8.21. The molecule has 0 saturated heterocycles. The molecule has 0 aliphatic carbocycles. The largest absolute Gasteiger partial charge is 0.480 e. The Hall–Kier alpha value is -3.15. The van der Waals surface area contributed by atoms with Crippen LogP contribution in [0.25, 0.3) is 0 Å². The van der Waals surface area contributed by atoms with Crippen LogP contribution in [0.15, 0.2) is 61.2 Å². The molecule has 3 aromatic rings. The Bertz CT molecular complexity index is 852. The number of hydrogen-bond donors (Lipinski definition) is 1. The molecule has 6 heteroatoms. The molecule has 0 radical (unpaired) electrons. The maximum absolute atomic E-state index is 12.5. The van der Waals surface area contributed by atoms with Gasteiger partial charge in [-0.2, -0.15) is 5.10 Å². The molecule has 0 fully saturated rings. The number of nitrogens with one attached hydrogen (secondary N) is 1. The predicted molar refractivity (Wildman–Crippen MR) is 92.0 cm³/mol. The average Bonchev–Trinajstić information content (AvgIpc) is 3.30. The summed E-state index contributed by atoms with van der Waals surface area (Å²) in [4.78, 5) is 16.4. The number of carbonyl (C=O) groups excluding carboxylic acids is 1. The second kappa shape index (κ2) is 6.76. The van der Waals surface area contributed by atoms with Crippen LogP contribution in [0.5, 0.6) is 5.75 Å². The normalized spacial score (nSPS) is 15.4. The van der Waals surface area contributed by atoms with E-state index in [4.69, 9.17) is 4.74 Å². The molecule has 126 valence electrons. The lowest BCUT2D eigenvalue weighted by molar-refractivity contribution is -0.127. The number of amides is 1. The fourth-order valence-corrected chi connectivity index (χ4v) is 3.00.